The van der Waals surface area contributed by atoms with Crippen LogP contribution in [0.15, 0.2) is 48.5 Å². The van der Waals surface area contributed by atoms with Gasteiger partial charge in [-0.2, -0.15) is 0 Å². The van der Waals surface area contributed by atoms with Crippen molar-refractivity contribution in [1.82, 2.24) is 0 Å². The van der Waals surface area contributed by atoms with Crippen molar-refractivity contribution in [2.75, 3.05) is 33.3 Å². The van der Waals surface area contributed by atoms with Gasteiger partial charge in [0.15, 0.2) is 0 Å². The molecule has 0 aliphatic rings. The number of halogens is 1. The number of hydrogen-bond acceptors (Lipinski definition) is 4. The average Bonchev–Trinajstić information content (AvgIpc) is 2.90. The van der Waals surface area contributed by atoms with E-state index < -0.39 is 39.2 Å². The number of carbonyl (C=O) groups is 1. The Morgan fingerprint density at radius 1 is 0.711 bits per heavy atom. The summed E-state index contributed by atoms with van der Waals surface area (Å²) < 4.78 is 30.0. The average molecular weight is 594 g/mol. The molecule has 0 radical (unpaired) electrons. The fourth-order valence-electron chi connectivity index (χ4n) is 4.97. The van der Waals surface area contributed by atoms with E-state index in [4.69, 9.17) is 13.3 Å². The first-order valence-corrected chi connectivity index (χ1v) is 25.0. The Morgan fingerprint density at radius 2 is 1.16 bits per heavy atom. The van der Waals surface area contributed by atoms with Crippen molar-refractivity contribution in [3.63, 3.8) is 0 Å². The van der Waals surface area contributed by atoms with Crippen LogP contribution in [0.2, 0.25) is 63.5 Å². The van der Waals surface area contributed by atoms with Crippen LogP contribution in [0, 0.1) is 0 Å². The van der Waals surface area contributed by atoms with E-state index in [-0.39, 0.29) is 0 Å². The maximum absolute atomic E-state index is 13.2. The smallest absolute Gasteiger partial charge is 0.377 e. The van der Waals surface area contributed by atoms with Gasteiger partial charge >= 0.3 is 15.0 Å². The SMILES string of the molecule is CO[Si](CCC[Si](C)(C)c1ccc([Si](C)(C)CC[Si](C)(C)c2cccc(N(C)C(=O)F)c2)cc1)(OC)OC. The maximum atomic E-state index is 13.2. The number of nitrogens with zero attached hydrogens (tertiary/aromatic N) is 1. The van der Waals surface area contributed by atoms with Crippen LogP contribution >= 0.6 is 0 Å². The number of benzene rings is 2. The fraction of sp³-hybridized carbons (Fsp3) is 0.536. The number of carbonyl (C=O) groups excluding carboxylic acids is 1. The lowest BCUT2D eigenvalue weighted by Gasteiger charge is -2.31. The highest BCUT2D eigenvalue weighted by molar-refractivity contribution is 6.94. The Hall–Kier alpha value is -1.41. The van der Waals surface area contributed by atoms with Crippen molar-refractivity contribution in [3.8, 4) is 0 Å². The van der Waals surface area contributed by atoms with Gasteiger partial charge in [0.1, 0.15) is 0 Å². The first kappa shape index (κ1) is 32.8. The molecule has 38 heavy (non-hydrogen) atoms. The molecule has 0 bridgehead atoms. The second-order valence-corrected chi connectivity index (χ2v) is 29.9. The minimum Gasteiger partial charge on any atom is -0.377 e. The number of anilines is 1. The van der Waals surface area contributed by atoms with Crippen LogP contribution in [-0.4, -0.2) is 67.6 Å². The third-order valence-corrected chi connectivity index (χ3v) is 21.9. The van der Waals surface area contributed by atoms with E-state index in [1.165, 1.54) is 34.7 Å². The van der Waals surface area contributed by atoms with Crippen molar-refractivity contribution in [2.45, 2.75) is 69.9 Å². The monoisotopic (exact) mass is 593 g/mol. The Morgan fingerprint density at radius 3 is 1.61 bits per heavy atom. The molecular weight excluding hydrogens is 546 g/mol. The van der Waals surface area contributed by atoms with Gasteiger partial charge in [-0.1, -0.05) is 116 Å². The number of amides is 1. The summed E-state index contributed by atoms with van der Waals surface area (Å²) in [5, 5.41) is 4.25. The largest absolute Gasteiger partial charge is 0.500 e. The van der Waals surface area contributed by atoms with Gasteiger partial charge in [-0.15, -0.1) is 4.39 Å². The van der Waals surface area contributed by atoms with Crippen LogP contribution < -0.4 is 20.5 Å². The standard InChI is InChI=1S/C28H48FNO4Si4/c1-30(28(29)31)24-13-11-14-27(23-24)37(9,10)22-21-36(7,8)26-17-15-25(16-18-26)35(5,6)19-12-20-38(32-2,33-3)34-4/h11,13-18,23H,12,19-22H2,1-10H3. The van der Waals surface area contributed by atoms with E-state index in [2.05, 4.69) is 69.6 Å². The van der Waals surface area contributed by atoms with Crippen LogP contribution in [0.25, 0.3) is 0 Å². The van der Waals surface area contributed by atoms with Gasteiger partial charge in [0.25, 0.3) is 0 Å². The molecule has 0 saturated carbocycles. The molecule has 0 fully saturated rings. The zero-order valence-corrected chi connectivity index (χ0v) is 29.1. The van der Waals surface area contributed by atoms with Crippen LogP contribution in [0.5, 0.6) is 0 Å². The Bertz CT molecular complexity index is 1050. The first-order valence-electron chi connectivity index (χ1n) is 13.4. The molecule has 0 aromatic heterocycles. The number of rotatable bonds is 14. The van der Waals surface area contributed by atoms with Gasteiger partial charge in [0.05, 0.1) is 24.2 Å². The van der Waals surface area contributed by atoms with E-state index in [9.17, 15) is 9.18 Å². The fourth-order valence-corrected chi connectivity index (χ4v) is 17.2. The second kappa shape index (κ2) is 13.3. The normalized spacial score (nSPS) is 13.0. The highest BCUT2D eigenvalue weighted by atomic mass is 28.4. The third-order valence-electron chi connectivity index (χ3n) is 8.32. The molecule has 0 spiro atoms. The minimum absolute atomic E-state index is 0.620. The molecule has 2 rings (SSSR count). The van der Waals surface area contributed by atoms with Crippen LogP contribution in [0.3, 0.4) is 0 Å². The lowest BCUT2D eigenvalue weighted by molar-refractivity contribution is 0.123. The van der Waals surface area contributed by atoms with Crippen molar-refractivity contribution in [1.29, 1.82) is 0 Å². The van der Waals surface area contributed by atoms with Crippen molar-refractivity contribution in [3.05, 3.63) is 48.5 Å². The predicted octanol–water partition coefficient (Wildman–Crippen LogP) is 5.93. The Kier molecular flexibility index (Phi) is 11.5. The minimum atomic E-state index is -2.52. The second-order valence-electron chi connectivity index (χ2n) is 12.2. The summed E-state index contributed by atoms with van der Waals surface area (Å²) in [7, 11) is -0.990. The molecule has 10 heteroatoms. The molecule has 2 aromatic carbocycles. The molecule has 0 heterocycles. The summed E-state index contributed by atoms with van der Waals surface area (Å²) in [5.41, 5.74) is 0.620. The Labute approximate surface area is 234 Å². The molecule has 0 N–H and O–H groups in total. The summed E-state index contributed by atoms with van der Waals surface area (Å²) in [6, 6.07) is 21.8. The first-order chi connectivity index (χ1) is 17.6. The van der Waals surface area contributed by atoms with E-state index in [1.807, 2.05) is 12.1 Å². The molecular formula is C28H48FNO4Si4. The molecule has 212 valence electrons. The molecule has 5 nitrogen and oxygen atoms in total. The van der Waals surface area contributed by atoms with Gasteiger partial charge in [-0.25, -0.2) is 4.79 Å². The van der Waals surface area contributed by atoms with Crippen molar-refractivity contribution < 1.29 is 22.5 Å². The maximum Gasteiger partial charge on any atom is 0.500 e. The molecule has 0 saturated heterocycles. The highest BCUT2D eigenvalue weighted by Gasteiger charge is 2.38. The Balaban J connectivity index is 2.07. The van der Waals surface area contributed by atoms with Gasteiger partial charge in [0.2, 0.25) is 0 Å². The number of hydrogen-bond donors (Lipinski definition) is 0. The third kappa shape index (κ3) is 8.29. The van der Waals surface area contributed by atoms with E-state index in [0.717, 1.165) is 23.4 Å². The summed E-state index contributed by atoms with van der Waals surface area (Å²) in [4.78, 5) is 12.3. The summed E-state index contributed by atoms with van der Waals surface area (Å²) in [6.07, 6.45) is -0.390. The quantitative estimate of drug-likeness (QED) is 0.155. The molecule has 0 aliphatic heterocycles. The summed E-state index contributed by atoms with van der Waals surface area (Å²) in [5.74, 6) is 0. The lowest BCUT2D eigenvalue weighted by Crippen LogP contribution is -2.48. The van der Waals surface area contributed by atoms with E-state index in [1.54, 1.807) is 27.4 Å². The van der Waals surface area contributed by atoms with Gasteiger partial charge in [-0.05, 0) is 12.1 Å². The van der Waals surface area contributed by atoms with Crippen LogP contribution in [0.1, 0.15) is 6.42 Å². The zero-order chi connectivity index (χ0) is 28.8. The zero-order valence-electron chi connectivity index (χ0n) is 25.1. The summed E-state index contributed by atoms with van der Waals surface area (Å²) >= 11 is 0. The van der Waals surface area contributed by atoms with Gasteiger partial charge in [0, 0.05) is 40.1 Å². The topological polar surface area (TPSA) is 48.0 Å². The van der Waals surface area contributed by atoms with E-state index >= 15 is 0 Å². The highest BCUT2D eigenvalue weighted by Crippen LogP contribution is 2.24. The molecule has 0 atom stereocenters. The van der Waals surface area contributed by atoms with Crippen LogP contribution in [-0.2, 0) is 13.3 Å². The van der Waals surface area contributed by atoms with Gasteiger partial charge in [-0.3, -0.25) is 4.90 Å². The predicted molar refractivity (Wildman–Crippen MR) is 170 cm³/mol. The van der Waals surface area contributed by atoms with Gasteiger partial charge < -0.3 is 13.3 Å². The van der Waals surface area contributed by atoms with E-state index in [0.29, 0.717) is 5.69 Å². The molecule has 0 aliphatic carbocycles. The molecule has 0 unspecified atom stereocenters. The lowest BCUT2D eigenvalue weighted by atomic mass is 10.3. The van der Waals surface area contributed by atoms with Crippen molar-refractivity contribution >= 4 is 60.4 Å². The van der Waals surface area contributed by atoms with Crippen LogP contribution in [0.4, 0.5) is 14.9 Å². The molecule has 1 amide bonds. The molecule has 2 aromatic rings. The summed E-state index contributed by atoms with van der Waals surface area (Å²) in [6.45, 7) is 14.6. The van der Waals surface area contributed by atoms with Crippen molar-refractivity contribution in [2.24, 2.45) is 0 Å².